The highest BCUT2D eigenvalue weighted by Crippen LogP contribution is 2.36. The van der Waals surface area contributed by atoms with Crippen molar-refractivity contribution in [3.8, 4) is 0 Å². The molecule has 2 rings (SSSR count). The fourth-order valence-electron chi connectivity index (χ4n) is 2.55. The van der Waals surface area contributed by atoms with Gasteiger partial charge in [0.25, 0.3) is 0 Å². The van der Waals surface area contributed by atoms with Gasteiger partial charge in [-0.2, -0.15) is 0 Å². The van der Waals surface area contributed by atoms with Gasteiger partial charge in [0.1, 0.15) is 5.58 Å². The molecule has 2 N–H and O–H groups in total. The van der Waals surface area contributed by atoms with Crippen LogP contribution in [0.4, 0.5) is 0 Å². The number of hydrogen-bond donors (Lipinski definition) is 1. The molecule has 1 aromatic heterocycles. The first-order chi connectivity index (χ1) is 8.47. The minimum Gasteiger partial charge on any atom is -0.464 e. The van der Waals surface area contributed by atoms with E-state index < -0.39 is 0 Å². The number of rotatable bonds is 3. The molecule has 0 saturated heterocycles. The monoisotopic (exact) mass is 265 g/mol. The maximum absolute atomic E-state index is 6.45. The van der Waals surface area contributed by atoms with Crippen molar-refractivity contribution in [2.24, 2.45) is 5.73 Å². The second kappa shape index (κ2) is 4.94. The molecule has 2 nitrogen and oxygen atoms in total. The summed E-state index contributed by atoms with van der Waals surface area (Å²) in [4.78, 5) is 0. The quantitative estimate of drug-likeness (QED) is 0.905. The van der Waals surface area contributed by atoms with Crippen LogP contribution in [0.25, 0.3) is 11.0 Å². The zero-order valence-electron chi connectivity index (χ0n) is 11.4. The van der Waals surface area contributed by atoms with Crippen LogP contribution in [0, 0.1) is 13.8 Å². The number of furan rings is 1. The van der Waals surface area contributed by atoms with Crippen LogP contribution < -0.4 is 5.73 Å². The molecule has 0 saturated carbocycles. The summed E-state index contributed by atoms with van der Waals surface area (Å²) < 4.78 is 5.77. The maximum atomic E-state index is 6.45. The molecule has 1 unspecified atom stereocenters. The van der Waals surface area contributed by atoms with Gasteiger partial charge in [0.05, 0.1) is 6.26 Å². The average Bonchev–Trinajstić information content (AvgIpc) is 2.75. The molecule has 1 aromatic carbocycles. The predicted octanol–water partition coefficient (Wildman–Crippen LogP) is 4.16. The molecular formula is C15H20ClNO. The highest BCUT2D eigenvalue weighted by Gasteiger charge is 2.19. The standard InChI is InChI=1S/C15H20ClNO/c1-5-11-7-18-15-12(6-8(2)17)9(3)14(16)10(4)13(11)15/h7-8H,5-6,17H2,1-4H3. The van der Waals surface area contributed by atoms with Gasteiger partial charge in [0, 0.05) is 22.0 Å². The molecule has 0 amide bonds. The van der Waals surface area contributed by atoms with Gasteiger partial charge in [0.15, 0.2) is 0 Å². The van der Waals surface area contributed by atoms with Crippen molar-refractivity contribution in [2.75, 3.05) is 0 Å². The first kappa shape index (κ1) is 13.4. The third-order valence-corrected chi connectivity index (χ3v) is 4.10. The fraction of sp³-hybridized carbons (Fsp3) is 0.467. The van der Waals surface area contributed by atoms with E-state index in [4.69, 9.17) is 21.8 Å². The van der Waals surface area contributed by atoms with Crippen LogP contribution in [0.15, 0.2) is 10.7 Å². The van der Waals surface area contributed by atoms with Crippen LogP contribution in [0.1, 0.15) is 36.1 Å². The summed E-state index contributed by atoms with van der Waals surface area (Å²) in [6.07, 6.45) is 3.59. The predicted molar refractivity (Wildman–Crippen MR) is 77.4 cm³/mol. The van der Waals surface area contributed by atoms with Crippen molar-refractivity contribution >= 4 is 22.6 Å². The Labute approximate surface area is 113 Å². The van der Waals surface area contributed by atoms with Crippen LogP contribution in [0.5, 0.6) is 0 Å². The van der Waals surface area contributed by atoms with Crippen molar-refractivity contribution in [1.29, 1.82) is 0 Å². The smallest absolute Gasteiger partial charge is 0.138 e. The first-order valence-electron chi connectivity index (χ1n) is 6.40. The number of benzene rings is 1. The van der Waals surface area contributed by atoms with E-state index in [1.165, 1.54) is 10.9 Å². The SMILES string of the molecule is CCc1coc2c(CC(C)N)c(C)c(Cl)c(C)c12. The molecule has 18 heavy (non-hydrogen) atoms. The molecule has 1 heterocycles. The molecule has 0 aliphatic carbocycles. The summed E-state index contributed by atoms with van der Waals surface area (Å²) in [6, 6.07) is 0.0980. The Kier molecular flexibility index (Phi) is 3.69. The summed E-state index contributed by atoms with van der Waals surface area (Å²) >= 11 is 6.45. The lowest BCUT2D eigenvalue weighted by molar-refractivity contribution is 0.601. The third-order valence-electron chi connectivity index (χ3n) is 3.53. The van der Waals surface area contributed by atoms with Crippen molar-refractivity contribution in [2.45, 2.75) is 46.6 Å². The zero-order chi connectivity index (χ0) is 13.4. The number of fused-ring (bicyclic) bond motifs is 1. The van der Waals surface area contributed by atoms with E-state index in [0.29, 0.717) is 0 Å². The first-order valence-corrected chi connectivity index (χ1v) is 6.78. The summed E-state index contributed by atoms with van der Waals surface area (Å²) in [5.74, 6) is 0. The van der Waals surface area contributed by atoms with E-state index in [-0.39, 0.29) is 6.04 Å². The van der Waals surface area contributed by atoms with Crippen molar-refractivity contribution < 1.29 is 4.42 Å². The summed E-state index contributed by atoms with van der Waals surface area (Å²) in [5, 5.41) is 2.01. The lowest BCUT2D eigenvalue weighted by atomic mass is 9.95. The normalized spacial score (nSPS) is 13.2. The lowest BCUT2D eigenvalue weighted by Crippen LogP contribution is -2.18. The highest BCUT2D eigenvalue weighted by atomic mass is 35.5. The Balaban J connectivity index is 2.80. The largest absolute Gasteiger partial charge is 0.464 e. The minimum absolute atomic E-state index is 0.0980. The summed E-state index contributed by atoms with van der Waals surface area (Å²) in [7, 11) is 0. The van der Waals surface area contributed by atoms with Gasteiger partial charge in [-0.1, -0.05) is 18.5 Å². The van der Waals surface area contributed by atoms with Crippen LogP contribution in [-0.2, 0) is 12.8 Å². The molecular weight excluding hydrogens is 246 g/mol. The van der Waals surface area contributed by atoms with Gasteiger partial charge in [-0.15, -0.1) is 0 Å². The van der Waals surface area contributed by atoms with Crippen molar-refractivity contribution in [3.63, 3.8) is 0 Å². The Hall–Kier alpha value is -0.990. The van der Waals surface area contributed by atoms with E-state index in [0.717, 1.165) is 40.1 Å². The molecule has 3 heteroatoms. The van der Waals surface area contributed by atoms with Crippen molar-refractivity contribution in [1.82, 2.24) is 0 Å². The molecule has 0 spiro atoms. The summed E-state index contributed by atoms with van der Waals surface area (Å²) in [5.41, 5.74) is 11.5. The molecule has 0 aliphatic rings. The Morgan fingerprint density at radius 2 is 2.00 bits per heavy atom. The van der Waals surface area contributed by atoms with E-state index in [9.17, 15) is 0 Å². The highest BCUT2D eigenvalue weighted by molar-refractivity contribution is 6.33. The molecule has 2 aromatic rings. The average molecular weight is 266 g/mol. The van der Waals surface area contributed by atoms with Crippen LogP contribution in [0.2, 0.25) is 5.02 Å². The van der Waals surface area contributed by atoms with Crippen molar-refractivity contribution in [3.05, 3.63) is 33.5 Å². The number of halogens is 1. The molecule has 98 valence electrons. The van der Waals surface area contributed by atoms with Crippen LogP contribution in [-0.4, -0.2) is 6.04 Å². The molecule has 0 aliphatic heterocycles. The fourth-order valence-corrected chi connectivity index (χ4v) is 2.76. The molecule has 0 fully saturated rings. The van der Waals surface area contributed by atoms with Gasteiger partial charge in [-0.25, -0.2) is 0 Å². The second-order valence-electron chi connectivity index (χ2n) is 5.04. The van der Waals surface area contributed by atoms with Crippen LogP contribution >= 0.6 is 11.6 Å². The molecule has 1 atom stereocenters. The summed E-state index contributed by atoms with van der Waals surface area (Å²) in [6.45, 7) is 8.23. The topological polar surface area (TPSA) is 39.2 Å². The number of aryl methyl sites for hydroxylation is 2. The Morgan fingerprint density at radius 1 is 1.33 bits per heavy atom. The second-order valence-corrected chi connectivity index (χ2v) is 5.42. The Morgan fingerprint density at radius 3 is 2.56 bits per heavy atom. The van der Waals surface area contributed by atoms with Gasteiger partial charge in [-0.3, -0.25) is 0 Å². The Bertz CT molecular complexity index is 584. The minimum atomic E-state index is 0.0980. The number of nitrogens with two attached hydrogens (primary N) is 1. The lowest BCUT2D eigenvalue weighted by Gasteiger charge is -2.14. The molecule has 0 bridgehead atoms. The van der Waals surface area contributed by atoms with E-state index in [1.807, 2.05) is 20.1 Å². The number of hydrogen-bond acceptors (Lipinski definition) is 2. The van der Waals surface area contributed by atoms with E-state index in [1.54, 1.807) is 0 Å². The van der Waals surface area contributed by atoms with Gasteiger partial charge < -0.3 is 10.2 Å². The maximum Gasteiger partial charge on any atom is 0.138 e. The van der Waals surface area contributed by atoms with Gasteiger partial charge in [0.2, 0.25) is 0 Å². The van der Waals surface area contributed by atoms with E-state index in [2.05, 4.69) is 13.8 Å². The van der Waals surface area contributed by atoms with Gasteiger partial charge >= 0.3 is 0 Å². The zero-order valence-corrected chi connectivity index (χ0v) is 12.2. The van der Waals surface area contributed by atoms with Crippen LogP contribution in [0.3, 0.4) is 0 Å². The van der Waals surface area contributed by atoms with E-state index >= 15 is 0 Å². The third kappa shape index (κ3) is 2.04. The van der Waals surface area contributed by atoms with Gasteiger partial charge in [-0.05, 0) is 50.3 Å². The molecule has 0 radical (unpaired) electrons.